The van der Waals surface area contributed by atoms with Crippen LogP contribution in [0.4, 0.5) is 5.69 Å². The molecule has 104 valence electrons. The average Bonchev–Trinajstić information content (AvgIpc) is 3.11. The predicted octanol–water partition coefficient (Wildman–Crippen LogP) is 0.743. The zero-order chi connectivity index (χ0) is 13.8. The smallest absolute Gasteiger partial charge is 0.225 e. The third-order valence-corrected chi connectivity index (χ3v) is 3.37. The molecule has 0 spiro atoms. The van der Waals surface area contributed by atoms with Crippen molar-refractivity contribution in [2.45, 2.75) is 25.3 Å². The van der Waals surface area contributed by atoms with Gasteiger partial charge >= 0.3 is 0 Å². The first kappa shape index (κ1) is 12.7. The van der Waals surface area contributed by atoms with E-state index >= 15 is 0 Å². The Morgan fingerprint density at radius 3 is 3.10 bits per heavy atom. The molecular formula is C13H16N6O. The lowest BCUT2D eigenvalue weighted by molar-refractivity contribution is -0.116. The van der Waals surface area contributed by atoms with Crippen LogP contribution in [0.2, 0.25) is 0 Å². The fourth-order valence-electron chi connectivity index (χ4n) is 2.41. The lowest BCUT2D eigenvalue weighted by atomic mass is 10.1. The van der Waals surface area contributed by atoms with E-state index in [1.807, 2.05) is 24.3 Å². The summed E-state index contributed by atoms with van der Waals surface area (Å²) in [5.74, 6) is 0.00456. The van der Waals surface area contributed by atoms with E-state index in [0.717, 1.165) is 25.1 Å². The van der Waals surface area contributed by atoms with Crippen molar-refractivity contribution in [1.29, 1.82) is 0 Å². The molecule has 1 aromatic carbocycles. The number of rotatable bonds is 4. The SMILES string of the molecule is O=C(CC1CCCN1)Nc1ccccc1-n1cnnn1. The highest BCUT2D eigenvalue weighted by Gasteiger charge is 2.18. The molecule has 1 fully saturated rings. The van der Waals surface area contributed by atoms with Crippen LogP contribution in [0.3, 0.4) is 0 Å². The van der Waals surface area contributed by atoms with E-state index in [2.05, 4.69) is 26.2 Å². The number of hydrogen-bond acceptors (Lipinski definition) is 5. The molecule has 0 radical (unpaired) electrons. The Morgan fingerprint density at radius 2 is 2.35 bits per heavy atom. The molecule has 2 heterocycles. The zero-order valence-electron chi connectivity index (χ0n) is 11.0. The Hall–Kier alpha value is -2.28. The quantitative estimate of drug-likeness (QED) is 0.857. The van der Waals surface area contributed by atoms with Crippen LogP contribution < -0.4 is 10.6 Å². The van der Waals surface area contributed by atoms with Crippen LogP contribution in [-0.2, 0) is 4.79 Å². The van der Waals surface area contributed by atoms with Gasteiger partial charge in [-0.3, -0.25) is 4.79 Å². The number of para-hydroxylation sites is 2. The Balaban J connectivity index is 1.72. The minimum absolute atomic E-state index is 0.00456. The zero-order valence-corrected chi connectivity index (χ0v) is 11.0. The molecule has 1 aromatic heterocycles. The molecule has 3 rings (SSSR count). The van der Waals surface area contributed by atoms with E-state index in [0.29, 0.717) is 12.1 Å². The number of carbonyl (C=O) groups excluding carboxylic acids is 1. The van der Waals surface area contributed by atoms with Gasteiger partial charge in [0.2, 0.25) is 5.91 Å². The number of nitrogens with zero attached hydrogens (tertiary/aromatic N) is 4. The minimum Gasteiger partial charge on any atom is -0.324 e. The molecule has 7 nitrogen and oxygen atoms in total. The first-order valence-electron chi connectivity index (χ1n) is 6.68. The Labute approximate surface area is 116 Å². The monoisotopic (exact) mass is 272 g/mol. The molecule has 1 atom stereocenters. The number of anilines is 1. The van der Waals surface area contributed by atoms with Crippen LogP contribution in [0, 0.1) is 0 Å². The fourth-order valence-corrected chi connectivity index (χ4v) is 2.41. The van der Waals surface area contributed by atoms with Crippen molar-refractivity contribution in [2.24, 2.45) is 0 Å². The molecule has 20 heavy (non-hydrogen) atoms. The van der Waals surface area contributed by atoms with Gasteiger partial charge in [0.1, 0.15) is 6.33 Å². The molecule has 2 aromatic rings. The summed E-state index contributed by atoms with van der Waals surface area (Å²) >= 11 is 0. The van der Waals surface area contributed by atoms with Gasteiger partial charge < -0.3 is 10.6 Å². The molecule has 0 bridgehead atoms. The largest absolute Gasteiger partial charge is 0.324 e. The standard InChI is InChI=1S/C13H16N6O/c20-13(8-10-4-3-7-14-10)16-11-5-1-2-6-12(11)19-9-15-17-18-19/h1-2,5-6,9-10,14H,3-4,7-8H2,(H,16,20). The van der Waals surface area contributed by atoms with Crippen molar-refractivity contribution in [3.8, 4) is 5.69 Å². The van der Waals surface area contributed by atoms with E-state index in [1.165, 1.54) is 11.0 Å². The second-order valence-electron chi connectivity index (χ2n) is 4.82. The van der Waals surface area contributed by atoms with Crippen molar-refractivity contribution in [3.05, 3.63) is 30.6 Å². The van der Waals surface area contributed by atoms with Crippen LogP contribution in [0.5, 0.6) is 0 Å². The summed E-state index contributed by atoms with van der Waals surface area (Å²) in [6, 6.07) is 7.74. The number of benzene rings is 1. The second kappa shape index (κ2) is 5.79. The molecule has 1 unspecified atom stereocenters. The summed E-state index contributed by atoms with van der Waals surface area (Å²) in [6.45, 7) is 0.999. The van der Waals surface area contributed by atoms with Crippen LogP contribution in [0.25, 0.3) is 5.69 Å². The van der Waals surface area contributed by atoms with Gasteiger partial charge in [-0.2, -0.15) is 4.68 Å². The Bertz CT molecular complexity index is 576. The van der Waals surface area contributed by atoms with Gasteiger partial charge in [0, 0.05) is 12.5 Å². The predicted molar refractivity (Wildman–Crippen MR) is 73.4 cm³/mol. The maximum Gasteiger partial charge on any atom is 0.225 e. The minimum atomic E-state index is 0.00456. The summed E-state index contributed by atoms with van der Waals surface area (Å²) in [7, 11) is 0. The van der Waals surface area contributed by atoms with Crippen LogP contribution in [0.15, 0.2) is 30.6 Å². The first-order valence-corrected chi connectivity index (χ1v) is 6.68. The second-order valence-corrected chi connectivity index (χ2v) is 4.82. The van der Waals surface area contributed by atoms with Gasteiger partial charge in [0.05, 0.1) is 11.4 Å². The van der Waals surface area contributed by atoms with E-state index in [-0.39, 0.29) is 11.9 Å². The topological polar surface area (TPSA) is 84.7 Å². The third-order valence-electron chi connectivity index (χ3n) is 3.37. The van der Waals surface area contributed by atoms with E-state index < -0.39 is 0 Å². The van der Waals surface area contributed by atoms with Crippen molar-refractivity contribution in [2.75, 3.05) is 11.9 Å². The maximum absolute atomic E-state index is 12.1. The van der Waals surface area contributed by atoms with Gasteiger partial charge in [-0.15, -0.1) is 5.10 Å². The Morgan fingerprint density at radius 1 is 1.45 bits per heavy atom. The Kier molecular flexibility index (Phi) is 3.69. The normalized spacial score (nSPS) is 18.1. The number of amides is 1. The summed E-state index contributed by atoms with van der Waals surface area (Å²) in [6.07, 6.45) is 4.19. The molecular weight excluding hydrogens is 256 g/mol. The molecule has 2 N–H and O–H groups in total. The van der Waals surface area contributed by atoms with Crippen molar-refractivity contribution in [3.63, 3.8) is 0 Å². The van der Waals surface area contributed by atoms with Crippen LogP contribution in [-0.4, -0.2) is 38.7 Å². The number of nitrogens with one attached hydrogen (secondary N) is 2. The third kappa shape index (κ3) is 2.83. The summed E-state index contributed by atoms with van der Waals surface area (Å²) in [5, 5.41) is 17.3. The fraction of sp³-hybridized carbons (Fsp3) is 0.385. The number of aromatic nitrogens is 4. The van der Waals surface area contributed by atoms with Gasteiger partial charge in [0.15, 0.2) is 0 Å². The van der Waals surface area contributed by atoms with Crippen molar-refractivity contribution in [1.82, 2.24) is 25.5 Å². The molecule has 1 amide bonds. The molecule has 1 saturated heterocycles. The van der Waals surface area contributed by atoms with Crippen molar-refractivity contribution < 1.29 is 4.79 Å². The number of tetrazole rings is 1. The van der Waals surface area contributed by atoms with Crippen LogP contribution in [0.1, 0.15) is 19.3 Å². The summed E-state index contributed by atoms with van der Waals surface area (Å²) < 4.78 is 1.53. The maximum atomic E-state index is 12.1. The molecule has 7 heteroatoms. The molecule has 1 aliphatic heterocycles. The van der Waals surface area contributed by atoms with E-state index in [9.17, 15) is 4.79 Å². The van der Waals surface area contributed by atoms with Crippen LogP contribution >= 0.6 is 0 Å². The average molecular weight is 272 g/mol. The lowest BCUT2D eigenvalue weighted by Crippen LogP contribution is -2.27. The first-order chi connectivity index (χ1) is 9.83. The number of carbonyl (C=O) groups is 1. The highest BCUT2D eigenvalue weighted by Crippen LogP contribution is 2.19. The lowest BCUT2D eigenvalue weighted by Gasteiger charge is -2.12. The summed E-state index contributed by atoms with van der Waals surface area (Å²) in [5.41, 5.74) is 1.47. The summed E-state index contributed by atoms with van der Waals surface area (Å²) in [4.78, 5) is 12.1. The van der Waals surface area contributed by atoms with Gasteiger partial charge in [-0.05, 0) is 41.9 Å². The van der Waals surface area contributed by atoms with Gasteiger partial charge in [-0.1, -0.05) is 12.1 Å². The van der Waals surface area contributed by atoms with Gasteiger partial charge in [-0.25, -0.2) is 0 Å². The number of hydrogen-bond donors (Lipinski definition) is 2. The van der Waals surface area contributed by atoms with Gasteiger partial charge in [0.25, 0.3) is 0 Å². The highest BCUT2D eigenvalue weighted by atomic mass is 16.1. The van der Waals surface area contributed by atoms with E-state index in [4.69, 9.17) is 0 Å². The van der Waals surface area contributed by atoms with E-state index in [1.54, 1.807) is 0 Å². The molecule has 0 aliphatic carbocycles. The molecule has 1 aliphatic rings. The highest BCUT2D eigenvalue weighted by molar-refractivity contribution is 5.93. The molecule has 0 saturated carbocycles. The van der Waals surface area contributed by atoms with Crippen molar-refractivity contribution >= 4 is 11.6 Å².